The Balaban J connectivity index is 0.0000001000. The van der Waals surface area contributed by atoms with Crippen LogP contribution in [-0.4, -0.2) is 20.3 Å². The first-order chi connectivity index (χ1) is 5.00. The quantitative estimate of drug-likeness (QED) is 0.559. The van der Waals surface area contributed by atoms with Crippen LogP contribution < -0.4 is 0 Å². The van der Waals surface area contributed by atoms with E-state index >= 15 is 0 Å². The second-order valence-corrected chi connectivity index (χ2v) is 1.85. The van der Waals surface area contributed by atoms with Crippen molar-refractivity contribution in [3.05, 3.63) is 23.7 Å². The Hall–Kier alpha value is -1.30. The third-order valence-electron chi connectivity index (χ3n) is 0.565. The molecular formula is C4H4N4OS. The maximum Gasteiger partial charge on any atom is 0.213 e. The predicted octanol–water partition coefficient (Wildman–Crippen LogP) is 0.608. The molecule has 0 bridgehead atoms. The Kier molecular flexibility index (Phi) is 3.11. The molecule has 6 heteroatoms. The lowest BCUT2D eigenvalue weighted by molar-refractivity contribution is 0.416. The van der Waals surface area contributed by atoms with Crippen LogP contribution in [0.25, 0.3) is 0 Å². The maximum absolute atomic E-state index is 4.22. The van der Waals surface area contributed by atoms with Crippen LogP contribution in [0.2, 0.25) is 0 Å². The first-order valence-corrected chi connectivity index (χ1v) is 3.32. The summed E-state index contributed by atoms with van der Waals surface area (Å²) >= 11 is 1.49. The minimum atomic E-state index is 1.26. The molecule has 0 aliphatic heterocycles. The normalized spacial score (nSPS) is 8.00. The lowest BCUT2D eigenvalue weighted by atomic mass is 11.3. The molecule has 2 aromatic heterocycles. The van der Waals surface area contributed by atoms with E-state index in [1.54, 1.807) is 11.0 Å². The number of hydrogen-bond donors (Lipinski definition) is 0. The molecular weight excluding hydrogens is 152 g/mol. The highest BCUT2D eigenvalue weighted by atomic mass is 32.1. The van der Waals surface area contributed by atoms with E-state index < -0.39 is 0 Å². The monoisotopic (exact) mass is 156 g/mol. The van der Waals surface area contributed by atoms with Crippen molar-refractivity contribution in [3.8, 4) is 0 Å². The highest BCUT2D eigenvalue weighted by molar-refractivity contribution is 7.07. The van der Waals surface area contributed by atoms with Gasteiger partial charge in [0.25, 0.3) is 0 Å². The van der Waals surface area contributed by atoms with Crippen molar-refractivity contribution in [1.29, 1.82) is 0 Å². The second kappa shape index (κ2) is 4.57. The van der Waals surface area contributed by atoms with Gasteiger partial charge in [0.15, 0.2) is 6.33 Å². The average molecular weight is 156 g/mol. The van der Waals surface area contributed by atoms with E-state index in [9.17, 15) is 0 Å². The second-order valence-electron chi connectivity index (χ2n) is 1.16. The van der Waals surface area contributed by atoms with Gasteiger partial charge in [0.2, 0.25) is 6.39 Å². The van der Waals surface area contributed by atoms with E-state index in [0.29, 0.717) is 0 Å². The van der Waals surface area contributed by atoms with Crippen LogP contribution in [0.5, 0.6) is 0 Å². The minimum Gasteiger partial charge on any atom is -0.343 e. The molecule has 0 unspecified atom stereocenters. The summed E-state index contributed by atoms with van der Waals surface area (Å²) in [6, 6.07) is 0. The van der Waals surface area contributed by atoms with E-state index in [1.807, 2.05) is 0 Å². The summed E-state index contributed by atoms with van der Waals surface area (Å²) in [5, 5.41) is 10.2. The van der Waals surface area contributed by atoms with Gasteiger partial charge in [-0.25, -0.2) is 4.98 Å². The number of nitrogens with zero attached hydrogens (tertiary/aromatic N) is 4. The Morgan fingerprint density at radius 1 is 1.20 bits per heavy atom. The van der Waals surface area contributed by atoms with Crippen LogP contribution in [-0.2, 0) is 0 Å². The van der Waals surface area contributed by atoms with Crippen LogP contribution in [0.15, 0.2) is 28.3 Å². The van der Waals surface area contributed by atoms with Gasteiger partial charge in [-0.1, -0.05) is 5.16 Å². The Bertz CT molecular complexity index is 156. The summed E-state index contributed by atoms with van der Waals surface area (Å²) in [7, 11) is 0. The summed E-state index contributed by atoms with van der Waals surface area (Å²) in [6.07, 6.45) is 2.60. The van der Waals surface area contributed by atoms with Gasteiger partial charge in [-0.05, 0) is 0 Å². The summed E-state index contributed by atoms with van der Waals surface area (Å²) in [5.41, 5.74) is 3.36. The highest BCUT2D eigenvalue weighted by Crippen LogP contribution is 1.80. The fourth-order valence-electron chi connectivity index (χ4n) is 0.272. The average Bonchev–Trinajstić information content (AvgIpc) is 2.67. The molecule has 0 saturated carbocycles. The van der Waals surface area contributed by atoms with Crippen molar-refractivity contribution in [3.63, 3.8) is 0 Å². The number of hydrogen-bond acceptors (Lipinski definition) is 6. The molecule has 0 saturated heterocycles. The first kappa shape index (κ1) is 6.81. The van der Waals surface area contributed by atoms with Gasteiger partial charge < -0.3 is 4.52 Å². The van der Waals surface area contributed by atoms with Gasteiger partial charge >= 0.3 is 0 Å². The fraction of sp³-hybridized carbons (Fsp3) is 0. The Morgan fingerprint density at radius 2 is 2.00 bits per heavy atom. The van der Waals surface area contributed by atoms with E-state index in [-0.39, 0.29) is 0 Å². The summed E-state index contributed by atoms with van der Waals surface area (Å²) in [6.45, 7) is 0. The fourth-order valence-corrected chi connectivity index (χ4v) is 0.544. The van der Waals surface area contributed by atoms with Crippen LogP contribution in [0.1, 0.15) is 0 Å². The van der Waals surface area contributed by atoms with E-state index in [1.165, 1.54) is 24.1 Å². The molecule has 0 atom stereocenters. The smallest absolute Gasteiger partial charge is 0.213 e. The molecule has 0 radical (unpaired) electrons. The van der Waals surface area contributed by atoms with Gasteiger partial charge in [-0.2, -0.15) is 0 Å². The van der Waals surface area contributed by atoms with Crippen molar-refractivity contribution in [2.24, 2.45) is 0 Å². The summed E-state index contributed by atoms with van der Waals surface area (Å²) < 4.78 is 4.22. The van der Waals surface area contributed by atoms with Crippen molar-refractivity contribution < 1.29 is 4.52 Å². The van der Waals surface area contributed by atoms with Crippen LogP contribution in [0, 0.1) is 0 Å². The maximum atomic E-state index is 4.22. The van der Waals surface area contributed by atoms with Crippen molar-refractivity contribution in [2.75, 3.05) is 0 Å². The molecule has 0 aromatic carbocycles. The van der Waals surface area contributed by atoms with Crippen molar-refractivity contribution in [2.45, 2.75) is 0 Å². The molecule has 2 heterocycles. The molecule has 52 valence electrons. The van der Waals surface area contributed by atoms with Gasteiger partial charge in [0.1, 0.15) is 11.0 Å². The lowest BCUT2D eigenvalue weighted by Crippen LogP contribution is -1.53. The zero-order chi connectivity index (χ0) is 7.07. The SMILES string of the molecule is c1ncon1.c1nncs1. The first-order valence-electron chi connectivity index (χ1n) is 2.38. The number of aromatic nitrogens is 4. The molecule has 0 aliphatic rings. The van der Waals surface area contributed by atoms with E-state index in [0.717, 1.165) is 0 Å². The van der Waals surface area contributed by atoms with E-state index in [2.05, 4.69) is 24.9 Å². The van der Waals surface area contributed by atoms with Gasteiger partial charge in [-0.15, -0.1) is 21.5 Å². The van der Waals surface area contributed by atoms with Crippen LogP contribution in [0.4, 0.5) is 0 Å². The van der Waals surface area contributed by atoms with E-state index in [4.69, 9.17) is 0 Å². The molecule has 0 aliphatic carbocycles. The standard InChI is InChI=1S/C2H2N2O.C2H2N2S/c1-3-2-5-4-1;1-3-4-2-5-1/h2*1-2H. The Labute approximate surface area is 60.7 Å². The summed E-state index contributed by atoms with van der Waals surface area (Å²) in [4.78, 5) is 3.44. The lowest BCUT2D eigenvalue weighted by Gasteiger charge is -1.45. The molecule has 0 amide bonds. The minimum absolute atomic E-state index is 1.26. The molecule has 0 fully saturated rings. The predicted molar refractivity (Wildman–Crippen MR) is 34.2 cm³/mol. The zero-order valence-corrected chi connectivity index (χ0v) is 5.73. The summed E-state index contributed by atoms with van der Waals surface area (Å²) in [5.74, 6) is 0. The Morgan fingerprint density at radius 3 is 2.20 bits per heavy atom. The van der Waals surface area contributed by atoms with Crippen molar-refractivity contribution >= 4 is 11.3 Å². The third kappa shape index (κ3) is 2.88. The van der Waals surface area contributed by atoms with Gasteiger partial charge in [-0.3, -0.25) is 0 Å². The zero-order valence-electron chi connectivity index (χ0n) is 4.91. The van der Waals surface area contributed by atoms with Crippen LogP contribution >= 0.6 is 11.3 Å². The topological polar surface area (TPSA) is 64.7 Å². The molecule has 0 spiro atoms. The molecule has 5 nitrogen and oxygen atoms in total. The van der Waals surface area contributed by atoms with Crippen LogP contribution in [0.3, 0.4) is 0 Å². The van der Waals surface area contributed by atoms with Gasteiger partial charge in [0.05, 0.1) is 0 Å². The largest absolute Gasteiger partial charge is 0.343 e. The number of rotatable bonds is 0. The van der Waals surface area contributed by atoms with Gasteiger partial charge in [0, 0.05) is 0 Å². The van der Waals surface area contributed by atoms with Crippen molar-refractivity contribution in [1.82, 2.24) is 20.3 Å². The molecule has 0 N–H and O–H groups in total. The molecule has 2 rings (SSSR count). The highest BCUT2D eigenvalue weighted by Gasteiger charge is 1.61. The molecule has 2 aromatic rings. The third-order valence-corrected chi connectivity index (χ3v) is 0.997. The molecule has 10 heavy (non-hydrogen) atoms.